The summed E-state index contributed by atoms with van der Waals surface area (Å²) in [7, 11) is -3.91. The molecule has 1 N–H and O–H groups in total. The summed E-state index contributed by atoms with van der Waals surface area (Å²) in [6.07, 6.45) is 0. The molecule has 0 fully saturated rings. The van der Waals surface area contributed by atoms with E-state index in [9.17, 15) is 13.2 Å². The quantitative estimate of drug-likeness (QED) is 0.615. The number of hydrogen-bond acceptors (Lipinski definition) is 3. The van der Waals surface area contributed by atoms with Crippen LogP contribution in [0.2, 0.25) is 0 Å². The van der Waals surface area contributed by atoms with Crippen LogP contribution in [0, 0.1) is 13.8 Å². The third kappa shape index (κ3) is 5.07. The van der Waals surface area contributed by atoms with Crippen molar-refractivity contribution in [3.05, 3.63) is 95.6 Å². The first-order valence-electron chi connectivity index (χ1n) is 9.78. The monoisotopic (exact) mass is 422 g/mol. The average molecular weight is 423 g/mol. The van der Waals surface area contributed by atoms with Crippen molar-refractivity contribution in [1.29, 1.82) is 0 Å². The summed E-state index contributed by atoms with van der Waals surface area (Å²) in [5.41, 5.74) is 3.28. The van der Waals surface area contributed by atoms with Crippen LogP contribution in [-0.2, 0) is 14.8 Å². The molecule has 1 amide bonds. The molecule has 6 heteroatoms. The number of aryl methyl sites for hydroxylation is 2. The molecule has 30 heavy (non-hydrogen) atoms. The van der Waals surface area contributed by atoms with Crippen LogP contribution in [0.1, 0.15) is 29.7 Å². The van der Waals surface area contributed by atoms with Gasteiger partial charge >= 0.3 is 0 Å². The number of nitrogens with zero attached hydrogens (tertiary/aromatic N) is 1. The number of nitrogens with one attached hydrogen (secondary N) is 1. The summed E-state index contributed by atoms with van der Waals surface area (Å²) in [5.74, 6) is -0.370. The number of carbonyl (C=O) groups is 1. The van der Waals surface area contributed by atoms with Crippen LogP contribution in [0.5, 0.6) is 0 Å². The van der Waals surface area contributed by atoms with E-state index in [4.69, 9.17) is 0 Å². The Labute approximate surface area is 178 Å². The van der Waals surface area contributed by atoms with E-state index in [1.807, 2.05) is 57.2 Å². The molecule has 156 valence electrons. The third-order valence-electron chi connectivity index (χ3n) is 4.79. The smallest absolute Gasteiger partial charge is 0.264 e. The van der Waals surface area contributed by atoms with Crippen molar-refractivity contribution in [2.75, 3.05) is 10.8 Å². The highest BCUT2D eigenvalue weighted by atomic mass is 32.2. The topological polar surface area (TPSA) is 66.5 Å². The Balaban J connectivity index is 1.93. The van der Waals surface area contributed by atoms with E-state index in [1.165, 1.54) is 16.4 Å². The lowest BCUT2D eigenvalue weighted by atomic mass is 10.1. The minimum Gasteiger partial charge on any atom is -0.348 e. The van der Waals surface area contributed by atoms with Gasteiger partial charge in [-0.2, -0.15) is 0 Å². The number of amides is 1. The van der Waals surface area contributed by atoms with Crippen LogP contribution in [0.25, 0.3) is 0 Å². The molecule has 3 aromatic carbocycles. The standard InChI is InChI=1S/C24H26N2O3S/c1-18-14-19(2)16-22(15-18)26(30(28,29)23-12-8-5-9-13-23)17-24(27)25-20(3)21-10-6-4-7-11-21/h4-16,20H,17H2,1-3H3,(H,25,27)/t20-/m1/s1. The van der Waals surface area contributed by atoms with E-state index in [-0.39, 0.29) is 23.4 Å². The van der Waals surface area contributed by atoms with Gasteiger partial charge in [0.25, 0.3) is 10.0 Å². The zero-order valence-corrected chi connectivity index (χ0v) is 18.2. The molecule has 1 atom stereocenters. The molecule has 0 saturated carbocycles. The van der Waals surface area contributed by atoms with Gasteiger partial charge in [0, 0.05) is 0 Å². The highest BCUT2D eigenvalue weighted by Gasteiger charge is 2.27. The number of hydrogen-bond donors (Lipinski definition) is 1. The molecule has 0 unspecified atom stereocenters. The number of anilines is 1. The number of sulfonamides is 1. The van der Waals surface area contributed by atoms with Crippen molar-refractivity contribution in [1.82, 2.24) is 5.32 Å². The Hall–Kier alpha value is -3.12. The van der Waals surface area contributed by atoms with Gasteiger partial charge in [-0.25, -0.2) is 8.42 Å². The molecule has 5 nitrogen and oxygen atoms in total. The van der Waals surface area contributed by atoms with E-state index in [2.05, 4.69) is 5.32 Å². The molecule has 0 heterocycles. The fourth-order valence-electron chi connectivity index (χ4n) is 3.37. The van der Waals surface area contributed by atoms with Gasteiger partial charge in [-0.1, -0.05) is 54.6 Å². The summed E-state index contributed by atoms with van der Waals surface area (Å²) in [6, 6.07) is 23.0. The Morgan fingerprint density at radius 2 is 1.43 bits per heavy atom. The molecular formula is C24H26N2O3S. The van der Waals surface area contributed by atoms with Crippen molar-refractivity contribution in [3.8, 4) is 0 Å². The van der Waals surface area contributed by atoms with Gasteiger partial charge in [0.2, 0.25) is 5.91 Å². The Bertz CT molecular complexity index is 1090. The van der Waals surface area contributed by atoms with Crippen LogP contribution < -0.4 is 9.62 Å². The summed E-state index contributed by atoms with van der Waals surface area (Å²) < 4.78 is 28.0. The minimum atomic E-state index is -3.91. The number of benzene rings is 3. The average Bonchev–Trinajstić information content (AvgIpc) is 2.72. The van der Waals surface area contributed by atoms with Gasteiger partial charge in [0.1, 0.15) is 6.54 Å². The van der Waals surface area contributed by atoms with E-state index >= 15 is 0 Å². The van der Waals surface area contributed by atoms with Gasteiger partial charge in [0.15, 0.2) is 0 Å². The van der Waals surface area contributed by atoms with E-state index < -0.39 is 10.0 Å². The molecule has 0 radical (unpaired) electrons. The van der Waals surface area contributed by atoms with Gasteiger partial charge in [-0.15, -0.1) is 0 Å². The summed E-state index contributed by atoms with van der Waals surface area (Å²) in [5, 5.41) is 2.90. The van der Waals surface area contributed by atoms with E-state index in [0.29, 0.717) is 5.69 Å². The van der Waals surface area contributed by atoms with Crippen molar-refractivity contribution in [2.24, 2.45) is 0 Å². The summed E-state index contributed by atoms with van der Waals surface area (Å²) in [6.45, 7) is 5.38. The fourth-order valence-corrected chi connectivity index (χ4v) is 4.80. The molecule has 0 aliphatic rings. The maximum absolute atomic E-state index is 13.4. The van der Waals surface area contributed by atoms with E-state index in [0.717, 1.165) is 16.7 Å². The van der Waals surface area contributed by atoms with Crippen molar-refractivity contribution in [3.63, 3.8) is 0 Å². The van der Waals surface area contributed by atoms with Gasteiger partial charge in [-0.05, 0) is 61.7 Å². The first-order chi connectivity index (χ1) is 14.3. The predicted molar refractivity (Wildman–Crippen MR) is 120 cm³/mol. The zero-order chi connectivity index (χ0) is 21.7. The second-order valence-electron chi connectivity index (χ2n) is 7.37. The Kier molecular flexibility index (Phi) is 6.57. The molecule has 0 saturated heterocycles. The Morgan fingerprint density at radius 1 is 0.900 bits per heavy atom. The molecule has 0 spiro atoms. The lowest BCUT2D eigenvalue weighted by Gasteiger charge is -2.26. The second kappa shape index (κ2) is 9.13. The molecule has 0 aromatic heterocycles. The lowest BCUT2D eigenvalue weighted by molar-refractivity contribution is -0.120. The highest BCUT2D eigenvalue weighted by molar-refractivity contribution is 7.92. The van der Waals surface area contributed by atoms with Crippen molar-refractivity contribution >= 4 is 21.6 Å². The molecular weight excluding hydrogens is 396 g/mol. The molecule has 0 aliphatic heterocycles. The molecule has 3 rings (SSSR count). The first kappa shape index (κ1) is 21.6. The fraction of sp³-hybridized carbons (Fsp3) is 0.208. The third-order valence-corrected chi connectivity index (χ3v) is 6.58. The van der Waals surface area contributed by atoms with Gasteiger partial charge in [-0.3, -0.25) is 9.10 Å². The van der Waals surface area contributed by atoms with Crippen molar-refractivity contribution in [2.45, 2.75) is 31.7 Å². The molecule has 0 aliphatic carbocycles. The Morgan fingerprint density at radius 3 is 2.00 bits per heavy atom. The SMILES string of the molecule is Cc1cc(C)cc(N(CC(=O)N[C@H](C)c2ccccc2)S(=O)(=O)c2ccccc2)c1. The van der Waals surface area contributed by atoms with Gasteiger partial charge < -0.3 is 5.32 Å². The van der Waals surface area contributed by atoms with Crippen LogP contribution in [0.3, 0.4) is 0 Å². The van der Waals surface area contributed by atoms with Crippen molar-refractivity contribution < 1.29 is 13.2 Å². The van der Waals surface area contributed by atoms with Crippen LogP contribution in [-0.4, -0.2) is 20.9 Å². The summed E-state index contributed by atoms with van der Waals surface area (Å²) in [4.78, 5) is 13.0. The second-order valence-corrected chi connectivity index (χ2v) is 9.23. The maximum Gasteiger partial charge on any atom is 0.264 e. The summed E-state index contributed by atoms with van der Waals surface area (Å²) >= 11 is 0. The normalized spacial score (nSPS) is 12.2. The number of rotatable bonds is 7. The first-order valence-corrected chi connectivity index (χ1v) is 11.2. The number of carbonyl (C=O) groups excluding carboxylic acids is 1. The van der Waals surface area contributed by atoms with E-state index in [1.54, 1.807) is 30.3 Å². The van der Waals surface area contributed by atoms with Crippen LogP contribution in [0.15, 0.2) is 83.8 Å². The zero-order valence-electron chi connectivity index (χ0n) is 17.4. The van der Waals surface area contributed by atoms with Gasteiger partial charge in [0.05, 0.1) is 16.6 Å². The highest BCUT2D eigenvalue weighted by Crippen LogP contribution is 2.26. The van der Waals surface area contributed by atoms with Crippen LogP contribution >= 0.6 is 0 Å². The predicted octanol–water partition coefficient (Wildman–Crippen LogP) is 4.38. The molecule has 0 bridgehead atoms. The largest absolute Gasteiger partial charge is 0.348 e. The minimum absolute atomic E-state index is 0.146. The van der Waals surface area contributed by atoms with Crippen LogP contribution in [0.4, 0.5) is 5.69 Å². The maximum atomic E-state index is 13.4. The lowest BCUT2D eigenvalue weighted by Crippen LogP contribution is -2.41. The molecule has 3 aromatic rings.